The van der Waals surface area contributed by atoms with Gasteiger partial charge in [-0.1, -0.05) is 19.1 Å². The van der Waals surface area contributed by atoms with Crippen molar-refractivity contribution in [2.75, 3.05) is 13.2 Å². The highest BCUT2D eigenvalue weighted by Crippen LogP contribution is 2.09. The van der Waals surface area contributed by atoms with E-state index in [1.54, 1.807) is 0 Å². The minimum atomic E-state index is -0.208. The third-order valence-electron chi connectivity index (χ3n) is 2.26. The molecular weight excluding hydrogens is 178 g/mol. The Labute approximate surface area is 85.0 Å². The van der Waals surface area contributed by atoms with Gasteiger partial charge in [-0.3, -0.25) is 4.79 Å². The first kappa shape index (κ1) is 10.8. The zero-order valence-electron chi connectivity index (χ0n) is 8.77. The molecule has 0 saturated heterocycles. The molecular formula is C11H17NO2. The zero-order chi connectivity index (χ0) is 10.4. The van der Waals surface area contributed by atoms with Crippen LogP contribution in [0.5, 0.6) is 0 Å². The number of esters is 1. The SMILES string of the molecule is CCC(COC(C)=O)N1C=CC=CC1. The summed E-state index contributed by atoms with van der Waals surface area (Å²) in [5.74, 6) is -0.208. The van der Waals surface area contributed by atoms with Crippen molar-refractivity contribution < 1.29 is 9.53 Å². The van der Waals surface area contributed by atoms with Crippen LogP contribution in [0.15, 0.2) is 24.4 Å². The van der Waals surface area contributed by atoms with Gasteiger partial charge in [0.25, 0.3) is 0 Å². The first-order valence-corrected chi connectivity index (χ1v) is 4.96. The molecule has 0 saturated carbocycles. The van der Waals surface area contributed by atoms with E-state index in [1.807, 2.05) is 18.4 Å². The van der Waals surface area contributed by atoms with Crippen LogP contribution in [0.2, 0.25) is 0 Å². The van der Waals surface area contributed by atoms with Gasteiger partial charge in [0.15, 0.2) is 0 Å². The minimum Gasteiger partial charge on any atom is -0.464 e. The van der Waals surface area contributed by atoms with Crippen LogP contribution in [0.1, 0.15) is 20.3 Å². The Hall–Kier alpha value is -1.25. The number of hydrogen-bond donors (Lipinski definition) is 0. The first-order valence-electron chi connectivity index (χ1n) is 4.96. The molecule has 1 aliphatic heterocycles. The molecule has 0 bridgehead atoms. The van der Waals surface area contributed by atoms with Crippen LogP contribution in [0, 0.1) is 0 Å². The molecule has 0 N–H and O–H groups in total. The van der Waals surface area contributed by atoms with E-state index in [-0.39, 0.29) is 5.97 Å². The number of hydrogen-bond acceptors (Lipinski definition) is 3. The maximum atomic E-state index is 10.7. The monoisotopic (exact) mass is 195 g/mol. The second-order valence-electron chi connectivity index (χ2n) is 3.33. The summed E-state index contributed by atoms with van der Waals surface area (Å²) in [4.78, 5) is 12.9. The third kappa shape index (κ3) is 3.24. The first-order chi connectivity index (χ1) is 6.74. The highest BCUT2D eigenvalue weighted by Gasteiger charge is 2.14. The molecule has 3 heteroatoms. The molecule has 1 atom stereocenters. The molecule has 0 aromatic rings. The Morgan fingerprint density at radius 1 is 1.57 bits per heavy atom. The van der Waals surface area contributed by atoms with E-state index in [4.69, 9.17) is 4.74 Å². The maximum Gasteiger partial charge on any atom is 0.302 e. The maximum absolute atomic E-state index is 10.7. The summed E-state index contributed by atoms with van der Waals surface area (Å²) in [6, 6.07) is 0.292. The fourth-order valence-electron chi connectivity index (χ4n) is 1.41. The van der Waals surface area contributed by atoms with Crippen LogP contribution in [-0.2, 0) is 9.53 Å². The van der Waals surface area contributed by atoms with Gasteiger partial charge in [-0.15, -0.1) is 0 Å². The van der Waals surface area contributed by atoms with Crippen LogP contribution in [0.25, 0.3) is 0 Å². The lowest BCUT2D eigenvalue weighted by molar-refractivity contribution is -0.142. The average molecular weight is 195 g/mol. The largest absolute Gasteiger partial charge is 0.464 e. The smallest absolute Gasteiger partial charge is 0.302 e. The van der Waals surface area contributed by atoms with Gasteiger partial charge in [-0.25, -0.2) is 0 Å². The third-order valence-corrected chi connectivity index (χ3v) is 2.26. The normalized spacial score (nSPS) is 16.9. The Morgan fingerprint density at radius 2 is 2.36 bits per heavy atom. The summed E-state index contributed by atoms with van der Waals surface area (Å²) in [7, 11) is 0. The number of rotatable bonds is 4. The molecule has 1 aliphatic rings. The highest BCUT2D eigenvalue weighted by molar-refractivity contribution is 5.65. The second kappa shape index (κ2) is 5.47. The summed E-state index contributed by atoms with van der Waals surface area (Å²) < 4.78 is 5.01. The molecule has 14 heavy (non-hydrogen) atoms. The Kier molecular flexibility index (Phi) is 4.23. The lowest BCUT2D eigenvalue weighted by Gasteiger charge is -2.29. The van der Waals surface area contributed by atoms with Crippen LogP contribution >= 0.6 is 0 Å². The average Bonchev–Trinajstić information content (AvgIpc) is 2.20. The zero-order valence-corrected chi connectivity index (χ0v) is 8.77. The number of nitrogens with zero attached hydrogens (tertiary/aromatic N) is 1. The molecule has 1 unspecified atom stereocenters. The Balaban J connectivity index is 2.41. The van der Waals surface area contributed by atoms with Gasteiger partial charge in [0.05, 0.1) is 6.04 Å². The number of allylic oxidation sites excluding steroid dienone is 2. The van der Waals surface area contributed by atoms with Gasteiger partial charge in [0, 0.05) is 13.5 Å². The molecule has 0 aromatic heterocycles. The van der Waals surface area contributed by atoms with Gasteiger partial charge < -0.3 is 9.64 Å². The fraction of sp³-hybridized carbons (Fsp3) is 0.545. The fourth-order valence-corrected chi connectivity index (χ4v) is 1.41. The highest BCUT2D eigenvalue weighted by atomic mass is 16.5. The van der Waals surface area contributed by atoms with E-state index in [2.05, 4.69) is 17.9 Å². The van der Waals surface area contributed by atoms with Gasteiger partial charge in [0.2, 0.25) is 0 Å². The van der Waals surface area contributed by atoms with E-state index in [9.17, 15) is 4.79 Å². The van der Waals surface area contributed by atoms with E-state index in [0.29, 0.717) is 12.6 Å². The van der Waals surface area contributed by atoms with Crippen molar-refractivity contribution in [3.63, 3.8) is 0 Å². The van der Waals surface area contributed by atoms with Crippen molar-refractivity contribution >= 4 is 5.97 Å². The quantitative estimate of drug-likeness (QED) is 0.640. The second-order valence-corrected chi connectivity index (χ2v) is 3.33. The summed E-state index contributed by atoms with van der Waals surface area (Å²) in [6.07, 6.45) is 9.13. The van der Waals surface area contributed by atoms with E-state index >= 15 is 0 Å². The lowest BCUT2D eigenvalue weighted by Crippen LogP contribution is -2.35. The molecule has 1 rings (SSSR count). The van der Waals surface area contributed by atoms with Gasteiger partial charge in [-0.2, -0.15) is 0 Å². The van der Waals surface area contributed by atoms with Crippen LogP contribution in [-0.4, -0.2) is 30.1 Å². The summed E-state index contributed by atoms with van der Waals surface area (Å²) >= 11 is 0. The van der Waals surface area contributed by atoms with E-state index < -0.39 is 0 Å². The van der Waals surface area contributed by atoms with Crippen molar-refractivity contribution in [1.29, 1.82) is 0 Å². The predicted octanol–water partition coefficient (Wildman–Crippen LogP) is 1.71. The Morgan fingerprint density at radius 3 is 2.86 bits per heavy atom. The Bertz CT molecular complexity index is 246. The number of ether oxygens (including phenoxy) is 1. The van der Waals surface area contributed by atoms with Gasteiger partial charge in [0.1, 0.15) is 6.61 Å². The van der Waals surface area contributed by atoms with Gasteiger partial charge in [-0.05, 0) is 18.7 Å². The molecule has 0 spiro atoms. The lowest BCUT2D eigenvalue weighted by atomic mass is 10.2. The molecule has 78 valence electrons. The van der Waals surface area contributed by atoms with Crippen LogP contribution in [0.3, 0.4) is 0 Å². The summed E-state index contributed by atoms with van der Waals surface area (Å²) in [6.45, 7) is 4.92. The molecule has 0 aromatic carbocycles. The summed E-state index contributed by atoms with van der Waals surface area (Å²) in [5.41, 5.74) is 0. The molecule has 0 fully saturated rings. The van der Waals surface area contributed by atoms with Crippen molar-refractivity contribution in [2.24, 2.45) is 0 Å². The van der Waals surface area contributed by atoms with Crippen molar-refractivity contribution in [3.05, 3.63) is 24.4 Å². The van der Waals surface area contributed by atoms with Crippen LogP contribution < -0.4 is 0 Å². The number of carbonyl (C=O) groups excluding carboxylic acids is 1. The van der Waals surface area contributed by atoms with Crippen LogP contribution in [0.4, 0.5) is 0 Å². The topological polar surface area (TPSA) is 29.5 Å². The van der Waals surface area contributed by atoms with Crippen molar-refractivity contribution in [2.45, 2.75) is 26.3 Å². The van der Waals surface area contributed by atoms with E-state index in [0.717, 1.165) is 13.0 Å². The molecule has 0 amide bonds. The molecule has 1 heterocycles. The molecule has 3 nitrogen and oxygen atoms in total. The summed E-state index contributed by atoms with van der Waals surface area (Å²) in [5, 5.41) is 0. The van der Waals surface area contributed by atoms with E-state index in [1.165, 1.54) is 6.92 Å². The molecule has 0 aliphatic carbocycles. The minimum absolute atomic E-state index is 0.208. The molecule has 0 radical (unpaired) electrons. The van der Waals surface area contributed by atoms with Gasteiger partial charge >= 0.3 is 5.97 Å². The number of carbonyl (C=O) groups is 1. The predicted molar refractivity (Wildman–Crippen MR) is 55.7 cm³/mol. The van der Waals surface area contributed by atoms with Crippen molar-refractivity contribution in [3.8, 4) is 0 Å². The van der Waals surface area contributed by atoms with Crippen molar-refractivity contribution in [1.82, 2.24) is 4.90 Å². The standard InChI is InChI=1S/C11H17NO2/c1-3-11(9-14-10(2)13)12-7-5-4-6-8-12/h4-7,11H,3,8-9H2,1-2H3.